The molecule has 0 radical (unpaired) electrons. The lowest BCUT2D eigenvalue weighted by Crippen LogP contribution is -2.41. The Morgan fingerprint density at radius 1 is 1.32 bits per heavy atom. The number of rotatable bonds is 5. The Balaban J connectivity index is 2.91. The molecule has 0 aliphatic carbocycles. The summed E-state index contributed by atoms with van der Waals surface area (Å²) in [5.41, 5.74) is 5.60. The second-order valence-electron chi connectivity index (χ2n) is 4.70. The largest absolute Gasteiger partial charge is 0.338 e. The molecule has 106 valence electrons. The topological polar surface area (TPSA) is 46.3 Å². The molecule has 0 heterocycles. The molecule has 0 fully saturated rings. The van der Waals surface area contributed by atoms with Gasteiger partial charge in [-0.1, -0.05) is 13.0 Å². The number of carbonyl (C=O) groups excluding carboxylic acids is 1. The fraction of sp³-hybridized carbons (Fsp3) is 0.500. The lowest BCUT2D eigenvalue weighted by atomic mass is 10.0. The third-order valence-electron chi connectivity index (χ3n) is 3.28. The van der Waals surface area contributed by atoms with Gasteiger partial charge in [0.05, 0.1) is 12.5 Å². The van der Waals surface area contributed by atoms with Crippen molar-refractivity contribution < 1.29 is 13.6 Å². The molecule has 1 aromatic carbocycles. The number of hydrogen-bond acceptors (Lipinski definition) is 2. The highest BCUT2D eigenvalue weighted by Gasteiger charge is 2.24. The maximum atomic E-state index is 13.6. The van der Waals surface area contributed by atoms with Crippen LogP contribution in [0, 0.1) is 17.6 Å². The van der Waals surface area contributed by atoms with Crippen LogP contribution in [0.15, 0.2) is 18.2 Å². The first-order chi connectivity index (χ1) is 8.88. The molecule has 5 heteroatoms. The van der Waals surface area contributed by atoms with Crippen molar-refractivity contribution in [3.8, 4) is 0 Å². The summed E-state index contributed by atoms with van der Waals surface area (Å²) >= 11 is 0. The molecule has 1 aromatic rings. The van der Waals surface area contributed by atoms with Gasteiger partial charge in [0.2, 0.25) is 5.91 Å². The molecule has 0 aliphatic heterocycles. The van der Waals surface area contributed by atoms with Gasteiger partial charge in [0, 0.05) is 18.2 Å². The van der Waals surface area contributed by atoms with E-state index >= 15 is 0 Å². The van der Waals surface area contributed by atoms with Crippen LogP contribution in [0.1, 0.15) is 26.3 Å². The normalized spacial score (nSPS) is 14.0. The van der Waals surface area contributed by atoms with E-state index in [1.54, 1.807) is 20.8 Å². The molecule has 0 spiro atoms. The summed E-state index contributed by atoms with van der Waals surface area (Å²) in [7, 11) is 0. The number of carbonyl (C=O) groups is 1. The Bertz CT molecular complexity index is 429. The van der Waals surface area contributed by atoms with E-state index in [0.29, 0.717) is 6.54 Å². The molecule has 0 aromatic heterocycles. The second-order valence-corrected chi connectivity index (χ2v) is 4.70. The van der Waals surface area contributed by atoms with Gasteiger partial charge >= 0.3 is 0 Å². The van der Waals surface area contributed by atoms with E-state index in [4.69, 9.17) is 5.73 Å². The van der Waals surface area contributed by atoms with Crippen LogP contribution in [-0.2, 0) is 11.3 Å². The van der Waals surface area contributed by atoms with E-state index in [9.17, 15) is 13.6 Å². The molecular weight excluding hydrogens is 250 g/mol. The molecule has 0 bridgehead atoms. The quantitative estimate of drug-likeness (QED) is 0.892. The minimum absolute atomic E-state index is 0.0785. The number of amides is 1. The summed E-state index contributed by atoms with van der Waals surface area (Å²) in [5.74, 6) is -1.85. The van der Waals surface area contributed by atoms with Gasteiger partial charge in [-0.2, -0.15) is 0 Å². The monoisotopic (exact) mass is 270 g/mol. The van der Waals surface area contributed by atoms with Crippen LogP contribution in [0.25, 0.3) is 0 Å². The number of nitrogens with two attached hydrogens (primary N) is 1. The van der Waals surface area contributed by atoms with Gasteiger partial charge in [-0.05, 0) is 26.0 Å². The first kappa shape index (κ1) is 15.6. The maximum Gasteiger partial charge on any atom is 0.227 e. The van der Waals surface area contributed by atoms with Crippen molar-refractivity contribution in [1.29, 1.82) is 0 Å². The average Bonchev–Trinajstić information content (AvgIpc) is 2.37. The van der Waals surface area contributed by atoms with Gasteiger partial charge in [-0.3, -0.25) is 4.79 Å². The van der Waals surface area contributed by atoms with Crippen LogP contribution in [0.4, 0.5) is 8.78 Å². The van der Waals surface area contributed by atoms with E-state index in [0.717, 1.165) is 0 Å². The highest BCUT2D eigenvalue weighted by Crippen LogP contribution is 2.16. The standard InChI is InChI=1S/C14H20F2N2O/c1-4-18(14(19)9(2)10(3)17)8-11-12(15)6-5-7-13(11)16/h5-7,9-10H,4,8,17H2,1-3H3. The predicted octanol–water partition coefficient (Wildman–Crippen LogP) is 2.30. The van der Waals surface area contributed by atoms with E-state index in [2.05, 4.69) is 0 Å². The second kappa shape index (κ2) is 6.61. The summed E-state index contributed by atoms with van der Waals surface area (Å²) in [5, 5.41) is 0. The van der Waals surface area contributed by atoms with E-state index in [1.807, 2.05) is 0 Å². The first-order valence-corrected chi connectivity index (χ1v) is 6.35. The molecule has 2 unspecified atom stereocenters. The number of nitrogens with zero attached hydrogens (tertiary/aromatic N) is 1. The van der Waals surface area contributed by atoms with Crippen molar-refractivity contribution in [2.75, 3.05) is 6.54 Å². The van der Waals surface area contributed by atoms with Crippen molar-refractivity contribution in [1.82, 2.24) is 4.90 Å². The molecule has 3 nitrogen and oxygen atoms in total. The molecule has 19 heavy (non-hydrogen) atoms. The zero-order valence-electron chi connectivity index (χ0n) is 11.5. The summed E-state index contributed by atoms with van der Waals surface area (Å²) in [6.45, 7) is 5.52. The minimum atomic E-state index is -0.639. The van der Waals surface area contributed by atoms with Gasteiger partial charge in [0.25, 0.3) is 0 Å². The van der Waals surface area contributed by atoms with Crippen molar-refractivity contribution in [3.63, 3.8) is 0 Å². The fourth-order valence-electron chi connectivity index (χ4n) is 1.73. The van der Waals surface area contributed by atoms with Crippen LogP contribution < -0.4 is 5.73 Å². The predicted molar refractivity (Wildman–Crippen MR) is 70.3 cm³/mol. The van der Waals surface area contributed by atoms with Crippen molar-refractivity contribution >= 4 is 5.91 Å². The third-order valence-corrected chi connectivity index (χ3v) is 3.28. The Kier molecular flexibility index (Phi) is 5.42. The smallest absolute Gasteiger partial charge is 0.227 e. The molecule has 0 aliphatic rings. The SMILES string of the molecule is CCN(Cc1c(F)cccc1F)C(=O)C(C)C(C)N. The van der Waals surface area contributed by atoms with Gasteiger partial charge in [0.15, 0.2) is 0 Å². The Labute approximate surface area is 112 Å². The lowest BCUT2D eigenvalue weighted by Gasteiger charge is -2.26. The number of halogens is 2. The van der Waals surface area contributed by atoms with Gasteiger partial charge in [0.1, 0.15) is 11.6 Å². The van der Waals surface area contributed by atoms with Crippen molar-refractivity contribution in [2.45, 2.75) is 33.4 Å². The molecule has 0 saturated heterocycles. The molecular formula is C14H20F2N2O. The number of benzene rings is 1. The summed E-state index contributed by atoms with van der Waals surface area (Å²) in [6.07, 6.45) is 0. The minimum Gasteiger partial charge on any atom is -0.338 e. The van der Waals surface area contributed by atoms with Crippen LogP contribution in [-0.4, -0.2) is 23.4 Å². The molecule has 2 atom stereocenters. The van der Waals surface area contributed by atoms with Crippen LogP contribution in [0.3, 0.4) is 0 Å². The highest BCUT2D eigenvalue weighted by atomic mass is 19.1. The van der Waals surface area contributed by atoms with Crippen molar-refractivity contribution in [2.24, 2.45) is 11.7 Å². The van der Waals surface area contributed by atoms with Gasteiger partial charge in [-0.25, -0.2) is 8.78 Å². The Morgan fingerprint density at radius 3 is 2.26 bits per heavy atom. The molecule has 1 rings (SSSR count). The Hall–Kier alpha value is -1.49. The highest BCUT2D eigenvalue weighted by molar-refractivity contribution is 5.79. The van der Waals surface area contributed by atoms with Crippen LogP contribution in [0.2, 0.25) is 0 Å². The molecule has 2 N–H and O–H groups in total. The van der Waals surface area contributed by atoms with Crippen LogP contribution >= 0.6 is 0 Å². The average molecular weight is 270 g/mol. The van der Waals surface area contributed by atoms with Gasteiger partial charge in [-0.15, -0.1) is 0 Å². The zero-order chi connectivity index (χ0) is 14.6. The summed E-state index contributed by atoms with van der Waals surface area (Å²) < 4.78 is 27.1. The summed E-state index contributed by atoms with van der Waals surface area (Å²) in [4.78, 5) is 13.6. The number of hydrogen-bond donors (Lipinski definition) is 1. The zero-order valence-corrected chi connectivity index (χ0v) is 11.5. The van der Waals surface area contributed by atoms with Crippen LogP contribution in [0.5, 0.6) is 0 Å². The molecule has 0 saturated carbocycles. The van der Waals surface area contributed by atoms with E-state index < -0.39 is 11.6 Å². The summed E-state index contributed by atoms with van der Waals surface area (Å²) in [6, 6.07) is 3.38. The van der Waals surface area contributed by atoms with Gasteiger partial charge < -0.3 is 10.6 Å². The lowest BCUT2D eigenvalue weighted by molar-refractivity contribution is -0.135. The van der Waals surface area contributed by atoms with E-state index in [1.165, 1.54) is 23.1 Å². The van der Waals surface area contributed by atoms with Crippen molar-refractivity contribution in [3.05, 3.63) is 35.4 Å². The molecule has 1 amide bonds. The maximum absolute atomic E-state index is 13.6. The fourth-order valence-corrected chi connectivity index (χ4v) is 1.73. The first-order valence-electron chi connectivity index (χ1n) is 6.35. The Morgan fingerprint density at radius 2 is 1.84 bits per heavy atom. The van der Waals surface area contributed by atoms with E-state index in [-0.39, 0.29) is 30.0 Å². The third kappa shape index (κ3) is 3.73.